The first-order valence-corrected chi connectivity index (χ1v) is 6.71. The number of oxime groups is 1. The van der Waals surface area contributed by atoms with Crippen LogP contribution in [0.4, 0.5) is 10.1 Å². The number of halogens is 2. The lowest BCUT2D eigenvalue weighted by atomic mass is 9.98. The second kappa shape index (κ2) is 6.95. The van der Waals surface area contributed by atoms with Gasteiger partial charge < -0.3 is 16.3 Å². The van der Waals surface area contributed by atoms with Crippen LogP contribution in [-0.4, -0.2) is 17.6 Å². The highest BCUT2D eigenvalue weighted by Gasteiger charge is 2.17. The number of rotatable bonds is 5. The molecular weight excluding hydrogens is 293 g/mol. The van der Waals surface area contributed by atoms with Gasteiger partial charge in [-0.3, -0.25) is 0 Å². The van der Waals surface area contributed by atoms with Gasteiger partial charge in [0.15, 0.2) is 0 Å². The molecular formula is C15H15ClFN3O. The summed E-state index contributed by atoms with van der Waals surface area (Å²) in [5.74, 6) is -0.739. The standard InChI is InChI=1S/C15H15ClFN3O/c16-11-6-7-13(17)14(8-11)19-9-12(15(18)20-21)10-4-2-1-3-5-10/h1-8,12,19,21H,9H2,(H2,18,20). The lowest BCUT2D eigenvalue weighted by Gasteiger charge is -2.18. The summed E-state index contributed by atoms with van der Waals surface area (Å²) in [5, 5.41) is 15.3. The van der Waals surface area contributed by atoms with Crippen LogP contribution in [0.25, 0.3) is 0 Å². The van der Waals surface area contributed by atoms with Gasteiger partial charge in [0.1, 0.15) is 11.7 Å². The van der Waals surface area contributed by atoms with Gasteiger partial charge in [-0.05, 0) is 23.8 Å². The first kappa shape index (κ1) is 15.1. The van der Waals surface area contributed by atoms with Crippen molar-refractivity contribution in [1.82, 2.24) is 0 Å². The molecule has 0 saturated heterocycles. The number of amidine groups is 1. The maximum absolute atomic E-state index is 13.7. The van der Waals surface area contributed by atoms with Crippen molar-refractivity contribution in [1.29, 1.82) is 0 Å². The van der Waals surface area contributed by atoms with E-state index in [2.05, 4.69) is 10.5 Å². The van der Waals surface area contributed by atoms with Crippen molar-refractivity contribution in [3.05, 3.63) is 64.9 Å². The molecule has 2 aromatic carbocycles. The van der Waals surface area contributed by atoms with Crippen molar-refractivity contribution in [3.8, 4) is 0 Å². The maximum Gasteiger partial charge on any atom is 0.148 e. The molecule has 1 unspecified atom stereocenters. The van der Waals surface area contributed by atoms with Gasteiger partial charge in [-0.2, -0.15) is 0 Å². The van der Waals surface area contributed by atoms with Crippen molar-refractivity contribution < 1.29 is 9.60 Å². The highest BCUT2D eigenvalue weighted by Crippen LogP contribution is 2.22. The minimum Gasteiger partial charge on any atom is -0.409 e. The van der Waals surface area contributed by atoms with E-state index in [-0.39, 0.29) is 24.0 Å². The van der Waals surface area contributed by atoms with E-state index in [1.807, 2.05) is 30.3 Å². The van der Waals surface area contributed by atoms with Gasteiger partial charge in [-0.25, -0.2) is 4.39 Å². The van der Waals surface area contributed by atoms with Gasteiger partial charge in [0.25, 0.3) is 0 Å². The molecule has 0 saturated carbocycles. The third-order valence-corrected chi connectivity index (χ3v) is 3.33. The van der Waals surface area contributed by atoms with E-state index in [1.165, 1.54) is 18.2 Å². The van der Waals surface area contributed by atoms with Gasteiger partial charge >= 0.3 is 0 Å². The molecule has 0 aliphatic rings. The molecule has 0 aromatic heterocycles. The Kier molecular flexibility index (Phi) is 5.00. The number of benzene rings is 2. The van der Waals surface area contributed by atoms with E-state index < -0.39 is 5.82 Å². The molecule has 0 aliphatic carbocycles. The van der Waals surface area contributed by atoms with Gasteiger partial charge in [-0.1, -0.05) is 47.1 Å². The molecule has 6 heteroatoms. The Morgan fingerprint density at radius 2 is 2.00 bits per heavy atom. The summed E-state index contributed by atoms with van der Waals surface area (Å²) in [6.45, 7) is 0.275. The number of nitrogens with zero attached hydrogens (tertiary/aromatic N) is 1. The van der Waals surface area contributed by atoms with Gasteiger partial charge in [0, 0.05) is 11.6 Å². The summed E-state index contributed by atoms with van der Waals surface area (Å²) < 4.78 is 13.7. The summed E-state index contributed by atoms with van der Waals surface area (Å²) in [5.41, 5.74) is 6.86. The average molecular weight is 308 g/mol. The normalized spacial score (nSPS) is 13.0. The lowest BCUT2D eigenvalue weighted by molar-refractivity contribution is 0.316. The fourth-order valence-electron chi connectivity index (χ4n) is 1.99. The number of hydrogen-bond donors (Lipinski definition) is 3. The maximum atomic E-state index is 13.7. The predicted octanol–water partition coefficient (Wildman–Crippen LogP) is 3.42. The highest BCUT2D eigenvalue weighted by atomic mass is 35.5. The van der Waals surface area contributed by atoms with Crippen LogP contribution in [0.1, 0.15) is 11.5 Å². The van der Waals surface area contributed by atoms with Crippen LogP contribution in [-0.2, 0) is 0 Å². The van der Waals surface area contributed by atoms with Crippen LogP contribution >= 0.6 is 11.6 Å². The first-order valence-electron chi connectivity index (χ1n) is 6.33. The molecule has 0 spiro atoms. The Bertz CT molecular complexity index is 634. The van der Waals surface area contributed by atoms with E-state index in [9.17, 15) is 4.39 Å². The summed E-state index contributed by atoms with van der Waals surface area (Å²) in [7, 11) is 0. The van der Waals surface area contributed by atoms with Crippen LogP contribution in [0.2, 0.25) is 5.02 Å². The van der Waals surface area contributed by atoms with E-state index in [0.717, 1.165) is 5.56 Å². The Hall–Kier alpha value is -2.27. The van der Waals surface area contributed by atoms with E-state index in [0.29, 0.717) is 5.02 Å². The average Bonchev–Trinajstić information content (AvgIpc) is 2.51. The largest absolute Gasteiger partial charge is 0.409 e. The van der Waals surface area contributed by atoms with E-state index in [1.54, 1.807) is 0 Å². The zero-order valence-corrected chi connectivity index (χ0v) is 11.9. The monoisotopic (exact) mass is 307 g/mol. The fraction of sp³-hybridized carbons (Fsp3) is 0.133. The molecule has 0 aliphatic heterocycles. The zero-order valence-electron chi connectivity index (χ0n) is 11.1. The Labute approximate surface area is 127 Å². The molecule has 0 heterocycles. The van der Waals surface area contributed by atoms with Gasteiger partial charge in [-0.15, -0.1) is 0 Å². The van der Waals surface area contributed by atoms with Crippen molar-refractivity contribution in [2.75, 3.05) is 11.9 Å². The smallest absolute Gasteiger partial charge is 0.148 e. The molecule has 21 heavy (non-hydrogen) atoms. The van der Waals surface area contributed by atoms with Crippen LogP contribution in [0, 0.1) is 5.82 Å². The fourth-order valence-corrected chi connectivity index (χ4v) is 2.17. The Balaban J connectivity index is 2.19. The molecule has 0 fully saturated rings. The van der Waals surface area contributed by atoms with Crippen LogP contribution in [0.5, 0.6) is 0 Å². The predicted molar refractivity (Wildman–Crippen MR) is 82.5 cm³/mol. The minimum absolute atomic E-state index is 0.0520. The van der Waals surface area contributed by atoms with Crippen molar-refractivity contribution in [3.63, 3.8) is 0 Å². The van der Waals surface area contributed by atoms with Crippen molar-refractivity contribution in [2.45, 2.75) is 5.92 Å². The molecule has 0 radical (unpaired) electrons. The van der Waals surface area contributed by atoms with E-state index in [4.69, 9.17) is 22.5 Å². The summed E-state index contributed by atoms with van der Waals surface area (Å²) in [4.78, 5) is 0. The van der Waals surface area contributed by atoms with Gasteiger partial charge in [0.2, 0.25) is 0 Å². The number of nitrogens with two attached hydrogens (primary N) is 1. The minimum atomic E-state index is -0.411. The number of hydrogen-bond acceptors (Lipinski definition) is 3. The van der Waals surface area contributed by atoms with Crippen LogP contribution in [0.3, 0.4) is 0 Å². The number of nitrogens with one attached hydrogen (secondary N) is 1. The molecule has 0 amide bonds. The molecule has 2 aromatic rings. The second-order valence-electron chi connectivity index (χ2n) is 4.49. The van der Waals surface area contributed by atoms with Crippen LogP contribution < -0.4 is 11.1 Å². The number of anilines is 1. The van der Waals surface area contributed by atoms with Gasteiger partial charge in [0.05, 0.1) is 11.6 Å². The third kappa shape index (κ3) is 3.86. The Morgan fingerprint density at radius 1 is 1.29 bits per heavy atom. The highest BCUT2D eigenvalue weighted by molar-refractivity contribution is 6.30. The lowest BCUT2D eigenvalue weighted by Crippen LogP contribution is -2.28. The summed E-state index contributed by atoms with van der Waals surface area (Å²) >= 11 is 5.84. The molecule has 2 rings (SSSR count). The SMILES string of the molecule is NC(=NO)C(CNc1cc(Cl)ccc1F)c1ccccc1. The molecule has 4 N–H and O–H groups in total. The molecule has 1 atom stereocenters. The summed E-state index contributed by atoms with van der Waals surface area (Å²) in [6.07, 6.45) is 0. The molecule has 0 bridgehead atoms. The van der Waals surface area contributed by atoms with Crippen LogP contribution in [0.15, 0.2) is 53.7 Å². The molecule has 4 nitrogen and oxygen atoms in total. The second-order valence-corrected chi connectivity index (χ2v) is 4.93. The first-order chi connectivity index (χ1) is 10.1. The zero-order chi connectivity index (χ0) is 15.2. The van der Waals surface area contributed by atoms with E-state index >= 15 is 0 Å². The summed E-state index contributed by atoms with van der Waals surface area (Å²) in [6, 6.07) is 13.5. The molecule has 110 valence electrons. The Morgan fingerprint density at radius 3 is 2.67 bits per heavy atom. The van der Waals surface area contributed by atoms with Crippen molar-refractivity contribution in [2.24, 2.45) is 10.9 Å². The third-order valence-electron chi connectivity index (χ3n) is 3.10. The quantitative estimate of drug-likeness (QED) is 0.343. The van der Waals surface area contributed by atoms with Crippen molar-refractivity contribution >= 4 is 23.1 Å². The topological polar surface area (TPSA) is 70.6 Å².